The highest BCUT2D eigenvalue weighted by Crippen LogP contribution is 2.29. The quantitative estimate of drug-likeness (QED) is 0.0241. The molecule has 0 bridgehead atoms. The lowest BCUT2D eigenvalue weighted by molar-refractivity contribution is -0.138. The van der Waals surface area contributed by atoms with Crippen molar-refractivity contribution in [1.29, 1.82) is 5.41 Å². The third-order valence-electron chi connectivity index (χ3n) is 8.38. The molecule has 0 fully saturated rings. The molecule has 0 heterocycles. The first-order valence-corrected chi connectivity index (χ1v) is 18.5. The Morgan fingerprint density at radius 2 is 0.911 bits per heavy atom. The van der Waals surface area contributed by atoms with Gasteiger partial charge in [-0.2, -0.15) is 0 Å². The van der Waals surface area contributed by atoms with E-state index in [1.807, 2.05) is 0 Å². The maximum atomic E-state index is 12.9. The Labute approximate surface area is 327 Å². The number of unbranched alkanes of at least 4 members (excludes halogenated alkanes) is 6. The summed E-state index contributed by atoms with van der Waals surface area (Å²) in [6, 6.07) is 25.4. The molecule has 0 amide bonds. The SMILES string of the molecule is C=CC(=O)OCCCCCCOc1ccc(C(=O)Oc2ccc(-c3ccc(OC(=O)c4ccc(OCCCCCCOC(=O)C=C)cc4)cc3C=N)cc2)cc1. The van der Waals surface area contributed by atoms with Crippen LogP contribution in [0.4, 0.5) is 0 Å². The normalized spacial score (nSPS) is 10.4. The van der Waals surface area contributed by atoms with Crippen molar-refractivity contribution in [1.82, 2.24) is 0 Å². The monoisotopic (exact) mass is 761 g/mol. The fourth-order valence-corrected chi connectivity index (χ4v) is 5.35. The van der Waals surface area contributed by atoms with E-state index in [9.17, 15) is 19.2 Å². The molecule has 0 saturated heterocycles. The van der Waals surface area contributed by atoms with Crippen molar-refractivity contribution in [2.24, 2.45) is 0 Å². The summed E-state index contributed by atoms with van der Waals surface area (Å²) in [5.41, 5.74) is 2.78. The van der Waals surface area contributed by atoms with E-state index in [-0.39, 0.29) is 0 Å². The van der Waals surface area contributed by atoms with E-state index < -0.39 is 23.9 Å². The highest BCUT2D eigenvalue weighted by atomic mass is 16.5. The zero-order valence-electron chi connectivity index (χ0n) is 31.4. The molecule has 0 radical (unpaired) electrons. The summed E-state index contributed by atoms with van der Waals surface area (Å²) < 4.78 is 32.6. The van der Waals surface area contributed by atoms with E-state index in [0.717, 1.165) is 74.6 Å². The van der Waals surface area contributed by atoms with Gasteiger partial charge in [0.1, 0.15) is 23.0 Å². The predicted octanol–water partition coefficient (Wildman–Crippen LogP) is 9.13. The number of ether oxygens (including phenoxy) is 6. The summed E-state index contributed by atoms with van der Waals surface area (Å²) in [6.45, 7) is 8.55. The van der Waals surface area contributed by atoms with Crippen LogP contribution < -0.4 is 18.9 Å². The molecule has 11 heteroatoms. The van der Waals surface area contributed by atoms with E-state index in [4.69, 9.17) is 33.8 Å². The fraction of sp³-hybridized carbons (Fsp3) is 0.267. The second kappa shape index (κ2) is 23.3. The number of hydrogen-bond donors (Lipinski definition) is 1. The standard InChI is InChI=1S/C45H47NO10/c1-3-42(47)53-29-11-7-5-9-27-51-37-19-15-34(16-20-37)44(49)55-39-23-13-33(14-24-39)41-26-25-40(31-36(41)32-46)56-45(50)35-17-21-38(22-18-35)52-28-10-6-8-12-30-54-43(48)4-2/h3-4,13-26,31-32,46H,1-2,5-12,27-30H2. The Hall–Kier alpha value is -6.49. The molecule has 0 aliphatic rings. The van der Waals surface area contributed by atoms with Crippen LogP contribution in [0.3, 0.4) is 0 Å². The van der Waals surface area contributed by atoms with Gasteiger partial charge in [-0.3, -0.25) is 0 Å². The van der Waals surface area contributed by atoms with Crippen molar-refractivity contribution in [3.8, 4) is 34.1 Å². The van der Waals surface area contributed by atoms with Gasteiger partial charge >= 0.3 is 23.9 Å². The second-order valence-electron chi connectivity index (χ2n) is 12.5. The van der Waals surface area contributed by atoms with Crippen LogP contribution in [0.5, 0.6) is 23.0 Å². The number of rotatable bonds is 24. The van der Waals surface area contributed by atoms with Gasteiger partial charge in [0.25, 0.3) is 0 Å². The second-order valence-corrected chi connectivity index (χ2v) is 12.5. The van der Waals surface area contributed by atoms with Crippen LogP contribution in [0.1, 0.15) is 77.6 Å². The molecule has 0 unspecified atom stereocenters. The minimum atomic E-state index is -0.542. The first-order chi connectivity index (χ1) is 27.3. The van der Waals surface area contributed by atoms with Crippen molar-refractivity contribution >= 4 is 30.1 Å². The Balaban J connectivity index is 1.19. The summed E-state index contributed by atoms with van der Waals surface area (Å²) in [6.07, 6.45) is 10.5. The lowest BCUT2D eigenvalue weighted by Crippen LogP contribution is -2.09. The minimum Gasteiger partial charge on any atom is -0.494 e. The molecule has 0 spiro atoms. The average Bonchev–Trinajstić information content (AvgIpc) is 3.23. The maximum Gasteiger partial charge on any atom is 0.343 e. The molecule has 0 saturated carbocycles. The lowest BCUT2D eigenvalue weighted by atomic mass is 10.00. The molecule has 1 N–H and O–H groups in total. The van der Waals surface area contributed by atoms with Crippen molar-refractivity contribution in [3.63, 3.8) is 0 Å². The topological polar surface area (TPSA) is 148 Å². The van der Waals surface area contributed by atoms with Gasteiger partial charge in [-0.1, -0.05) is 31.4 Å². The highest BCUT2D eigenvalue weighted by Gasteiger charge is 2.13. The summed E-state index contributed by atoms with van der Waals surface area (Å²) in [5.74, 6) is 0.0674. The predicted molar refractivity (Wildman–Crippen MR) is 213 cm³/mol. The highest BCUT2D eigenvalue weighted by molar-refractivity contribution is 5.93. The summed E-state index contributed by atoms with van der Waals surface area (Å²) >= 11 is 0. The van der Waals surface area contributed by atoms with Crippen LogP contribution in [0.15, 0.2) is 116 Å². The van der Waals surface area contributed by atoms with Crippen LogP contribution in [0, 0.1) is 5.41 Å². The summed E-state index contributed by atoms with van der Waals surface area (Å²) in [7, 11) is 0. The third-order valence-corrected chi connectivity index (χ3v) is 8.38. The fourth-order valence-electron chi connectivity index (χ4n) is 5.35. The molecule has 4 aromatic rings. The van der Waals surface area contributed by atoms with E-state index in [0.29, 0.717) is 66.1 Å². The molecule has 0 aliphatic carbocycles. The van der Waals surface area contributed by atoms with Gasteiger partial charge in [0.2, 0.25) is 0 Å². The first-order valence-electron chi connectivity index (χ1n) is 18.5. The number of hydrogen-bond acceptors (Lipinski definition) is 11. The van der Waals surface area contributed by atoms with Gasteiger partial charge in [-0.25, -0.2) is 19.2 Å². The summed E-state index contributed by atoms with van der Waals surface area (Å²) in [4.78, 5) is 47.7. The van der Waals surface area contributed by atoms with Gasteiger partial charge < -0.3 is 33.8 Å². The Morgan fingerprint density at radius 3 is 1.36 bits per heavy atom. The Morgan fingerprint density at radius 1 is 0.500 bits per heavy atom. The number of esters is 4. The zero-order valence-corrected chi connectivity index (χ0v) is 31.4. The number of nitrogens with one attached hydrogen (secondary N) is 1. The molecular weight excluding hydrogens is 714 g/mol. The van der Waals surface area contributed by atoms with Crippen molar-refractivity contribution in [3.05, 3.63) is 133 Å². The van der Waals surface area contributed by atoms with E-state index in [1.54, 1.807) is 91.0 Å². The van der Waals surface area contributed by atoms with Gasteiger partial charge in [0.05, 0.1) is 37.6 Å². The molecule has 11 nitrogen and oxygen atoms in total. The largest absolute Gasteiger partial charge is 0.494 e. The van der Waals surface area contributed by atoms with Gasteiger partial charge in [-0.15, -0.1) is 0 Å². The third kappa shape index (κ3) is 14.4. The van der Waals surface area contributed by atoms with Crippen molar-refractivity contribution in [2.45, 2.75) is 51.4 Å². The van der Waals surface area contributed by atoms with Gasteiger partial charge in [0, 0.05) is 23.9 Å². The van der Waals surface area contributed by atoms with Gasteiger partial charge in [-0.05, 0) is 135 Å². The van der Waals surface area contributed by atoms with Crippen LogP contribution in [0.25, 0.3) is 11.1 Å². The molecule has 56 heavy (non-hydrogen) atoms. The molecule has 0 aromatic heterocycles. The minimum absolute atomic E-state index is 0.291. The molecule has 292 valence electrons. The van der Waals surface area contributed by atoms with E-state index in [2.05, 4.69) is 13.2 Å². The van der Waals surface area contributed by atoms with Crippen LogP contribution in [0.2, 0.25) is 0 Å². The average molecular weight is 762 g/mol. The Bertz CT molecular complexity index is 1920. The molecular formula is C45H47NO10. The molecule has 4 aromatic carbocycles. The van der Waals surface area contributed by atoms with Crippen molar-refractivity contribution in [2.75, 3.05) is 26.4 Å². The van der Waals surface area contributed by atoms with Gasteiger partial charge in [0.15, 0.2) is 0 Å². The zero-order chi connectivity index (χ0) is 40.0. The van der Waals surface area contributed by atoms with E-state index in [1.165, 1.54) is 6.21 Å². The smallest absolute Gasteiger partial charge is 0.343 e. The van der Waals surface area contributed by atoms with E-state index >= 15 is 0 Å². The lowest BCUT2D eigenvalue weighted by Gasteiger charge is -2.11. The number of benzene rings is 4. The summed E-state index contributed by atoms with van der Waals surface area (Å²) in [5, 5.41) is 7.98. The van der Waals surface area contributed by atoms with Crippen LogP contribution in [-0.4, -0.2) is 56.5 Å². The molecule has 0 aliphatic heterocycles. The van der Waals surface area contributed by atoms with Crippen LogP contribution >= 0.6 is 0 Å². The number of carbonyl (C=O) groups is 4. The molecule has 0 atom stereocenters. The van der Waals surface area contributed by atoms with Crippen molar-refractivity contribution < 1.29 is 47.6 Å². The first kappa shape index (κ1) is 42.3. The molecule has 4 rings (SSSR count). The van der Waals surface area contributed by atoms with Crippen LogP contribution in [-0.2, 0) is 19.1 Å². The Kier molecular flexibility index (Phi) is 17.6. The maximum absolute atomic E-state index is 12.9. The number of carbonyl (C=O) groups excluding carboxylic acids is 4.